The zero-order chi connectivity index (χ0) is 24.2. The fourth-order valence-electron chi connectivity index (χ4n) is 4.20. The maximum absolute atomic E-state index is 13.7. The Bertz CT molecular complexity index is 1430. The number of anilines is 1. The van der Waals surface area contributed by atoms with Gasteiger partial charge in [-0.15, -0.1) is 12.4 Å². The predicted octanol–water partition coefficient (Wildman–Crippen LogP) is 6.86. The monoisotopic (exact) mass is 516 g/mol. The predicted molar refractivity (Wildman–Crippen MR) is 151 cm³/mol. The van der Waals surface area contributed by atoms with E-state index < -0.39 is 0 Å². The molecule has 0 aliphatic rings. The minimum Gasteiger partial charge on any atom is -0.337 e. The summed E-state index contributed by atoms with van der Waals surface area (Å²) in [4.78, 5) is 24.6. The lowest BCUT2D eigenvalue weighted by molar-refractivity contribution is 0.0986. The number of carbonyl (C=O) groups excluding carboxylic acids is 1. The maximum Gasteiger partial charge on any atom is 0.260 e. The topological polar surface area (TPSA) is 51.0 Å². The Balaban J connectivity index is 0.00000304. The lowest BCUT2D eigenvalue weighted by Crippen LogP contribution is -2.32. The molecule has 2 heterocycles. The van der Waals surface area contributed by atoms with E-state index in [2.05, 4.69) is 67.4 Å². The van der Waals surface area contributed by atoms with Crippen LogP contribution in [-0.4, -0.2) is 27.0 Å². The molecule has 0 unspecified atom stereocenters. The molecule has 5 nitrogen and oxygen atoms in total. The molecule has 5 aromatic rings. The van der Waals surface area contributed by atoms with Crippen LogP contribution in [0.25, 0.3) is 10.2 Å². The molecule has 36 heavy (non-hydrogen) atoms. The van der Waals surface area contributed by atoms with Gasteiger partial charge in [-0.2, -0.15) is 0 Å². The lowest BCUT2D eigenvalue weighted by Gasteiger charge is -2.20. The van der Waals surface area contributed by atoms with Gasteiger partial charge in [0.05, 0.1) is 16.5 Å². The molecule has 0 atom stereocenters. The minimum atomic E-state index is -0.0182. The van der Waals surface area contributed by atoms with Gasteiger partial charge in [-0.05, 0) is 67.1 Å². The van der Waals surface area contributed by atoms with E-state index in [0.717, 1.165) is 34.7 Å². The fraction of sp³-hybridized carbons (Fsp3) is 0.207. The summed E-state index contributed by atoms with van der Waals surface area (Å²) in [5, 5.41) is 0.748. The van der Waals surface area contributed by atoms with E-state index in [4.69, 9.17) is 4.98 Å². The van der Waals surface area contributed by atoms with Crippen LogP contribution in [0.3, 0.4) is 0 Å². The van der Waals surface area contributed by atoms with Crippen molar-refractivity contribution in [1.82, 2.24) is 14.5 Å². The molecule has 0 radical (unpaired) electrons. The number of hydrogen-bond acceptors (Lipinski definition) is 4. The molecule has 2 aromatic heterocycles. The van der Waals surface area contributed by atoms with E-state index in [1.807, 2.05) is 33.9 Å². The number of fused-ring (bicyclic) bond motifs is 1. The summed E-state index contributed by atoms with van der Waals surface area (Å²) < 4.78 is 3.14. The summed E-state index contributed by atoms with van der Waals surface area (Å²) in [5.74, 6) is -0.0182. The van der Waals surface area contributed by atoms with Crippen molar-refractivity contribution in [3.8, 4) is 0 Å². The average Bonchev–Trinajstić information content (AvgIpc) is 3.55. The van der Waals surface area contributed by atoms with E-state index in [9.17, 15) is 4.79 Å². The minimum absolute atomic E-state index is 0. The second-order valence-corrected chi connectivity index (χ2v) is 9.83. The number of imidazole rings is 1. The van der Waals surface area contributed by atoms with Gasteiger partial charge in [0, 0.05) is 31.0 Å². The number of aryl methyl sites for hydroxylation is 3. The van der Waals surface area contributed by atoms with Gasteiger partial charge in [0.25, 0.3) is 5.91 Å². The molecule has 0 saturated carbocycles. The zero-order valence-corrected chi connectivity index (χ0v) is 22.1. The molecule has 1 amide bonds. The van der Waals surface area contributed by atoms with Crippen molar-refractivity contribution in [1.29, 1.82) is 0 Å². The molecule has 0 N–H and O–H groups in total. The van der Waals surface area contributed by atoms with E-state index in [0.29, 0.717) is 12.1 Å². The van der Waals surface area contributed by atoms with Crippen LogP contribution in [0.5, 0.6) is 0 Å². The fourth-order valence-corrected chi connectivity index (χ4v) is 5.25. The number of carbonyl (C=O) groups is 1. The lowest BCUT2D eigenvalue weighted by atomic mass is 10.0. The molecule has 0 aliphatic carbocycles. The van der Waals surface area contributed by atoms with Gasteiger partial charge < -0.3 is 4.57 Å². The van der Waals surface area contributed by atoms with Crippen molar-refractivity contribution in [3.63, 3.8) is 0 Å². The van der Waals surface area contributed by atoms with Crippen LogP contribution in [0, 0.1) is 13.8 Å². The number of nitrogens with zero attached hydrogens (tertiary/aromatic N) is 4. The first-order valence-electron chi connectivity index (χ1n) is 11.9. The SMILES string of the molecule is Cc1ccc2sc(N(CCCn3ccnc3)C(=O)c3ccc(Cc4ccccc4)cc3)nc2c1C.Cl. The first-order valence-corrected chi connectivity index (χ1v) is 12.7. The number of hydrogen-bond donors (Lipinski definition) is 0. The van der Waals surface area contributed by atoms with Gasteiger partial charge in [-0.25, -0.2) is 9.97 Å². The molecule has 0 saturated heterocycles. The molecular formula is C29H29ClN4OS. The third kappa shape index (κ3) is 5.66. The summed E-state index contributed by atoms with van der Waals surface area (Å²) in [6.07, 6.45) is 7.18. The van der Waals surface area contributed by atoms with Crippen molar-refractivity contribution >= 4 is 45.0 Å². The van der Waals surface area contributed by atoms with Crippen molar-refractivity contribution in [2.45, 2.75) is 33.2 Å². The maximum atomic E-state index is 13.7. The molecule has 0 aliphatic heterocycles. The van der Waals surface area contributed by atoms with Crippen molar-refractivity contribution < 1.29 is 4.79 Å². The molecule has 184 valence electrons. The molecular weight excluding hydrogens is 488 g/mol. The summed E-state index contributed by atoms with van der Waals surface area (Å²) in [7, 11) is 0. The van der Waals surface area contributed by atoms with Crippen LogP contribution in [0.4, 0.5) is 5.13 Å². The van der Waals surface area contributed by atoms with Crippen molar-refractivity contribution in [3.05, 3.63) is 113 Å². The average molecular weight is 517 g/mol. The Hall–Kier alpha value is -3.48. The smallest absolute Gasteiger partial charge is 0.260 e. The molecule has 3 aromatic carbocycles. The third-order valence-electron chi connectivity index (χ3n) is 6.36. The zero-order valence-electron chi connectivity index (χ0n) is 20.4. The second kappa shape index (κ2) is 11.5. The normalized spacial score (nSPS) is 10.8. The number of aromatic nitrogens is 3. The largest absolute Gasteiger partial charge is 0.337 e. The number of amides is 1. The first kappa shape index (κ1) is 25.6. The van der Waals surface area contributed by atoms with E-state index >= 15 is 0 Å². The van der Waals surface area contributed by atoms with Crippen LogP contribution >= 0.6 is 23.7 Å². The van der Waals surface area contributed by atoms with Crippen LogP contribution in [0.1, 0.15) is 39.0 Å². The van der Waals surface area contributed by atoms with Gasteiger partial charge in [0.2, 0.25) is 0 Å². The van der Waals surface area contributed by atoms with Crippen molar-refractivity contribution in [2.75, 3.05) is 11.4 Å². The Morgan fingerprint density at radius 1 is 0.972 bits per heavy atom. The van der Waals surface area contributed by atoms with Gasteiger partial charge in [0.15, 0.2) is 5.13 Å². The van der Waals surface area contributed by atoms with Crippen LogP contribution in [-0.2, 0) is 13.0 Å². The van der Waals surface area contributed by atoms with E-state index in [-0.39, 0.29) is 18.3 Å². The summed E-state index contributed by atoms with van der Waals surface area (Å²) in [6, 6.07) is 22.6. The molecule has 5 rings (SSSR count). The highest BCUT2D eigenvalue weighted by Gasteiger charge is 2.22. The highest BCUT2D eigenvalue weighted by Crippen LogP contribution is 2.33. The van der Waals surface area contributed by atoms with Crippen LogP contribution in [0.15, 0.2) is 85.5 Å². The van der Waals surface area contributed by atoms with Gasteiger partial charge in [0.1, 0.15) is 0 Å². The highest BCUT2D eigenvalue weighted by molar-refractivity contribution is 7.22. The molecule has 0 bridgehead atoms. The van der Waals surface area contributed by atoms with E-state index in [1.54, 1.807) is 23.9 Å². The van der Waals surface area contributed by atoms with E-state index in [1.165, 1.54) is 22.3 Å². The third-order valence-corrected chi connectivity index (χ3v) is 7.40. The molecule has 0 spiro atoms. The summed E-state index contributed by atoms with van der Waals surface area (Å²) >= 11 is 1.58. The summed E-state index contributed by atoms with van der Waals surface area (Å²) in [6.45, 7) is 5.57. The number of benzene rings is 3. The Morgan fingerprint density at radius 3 is 2.44 bits per heavy atom. The number of thiazole rings is 1. The van der Waals surface area contributed by atoms with Crippen molar-refractivity contribution in [2.24, 2.45) is 0 Å². The van der Waals surface area contributed by atoms with Crippen LogP contribution in [0.2, 0.25) is 0 Å². The van der Waals surface area contributed by atoms with Crippen LogP contribution < -0.4 is 4.90 Å². The molecule has 7 heteroatoms. The Kier molecular flexibility index (Phi) is 8.18. The number of halogens is 1. The Labute approximate surface area is 221 Å². The van der Waals surface area contributed by atoms with Gasteiger partial charge in [-0.1, -0.05) is 59.9 Å². The van der Waals surface area contributed by atoms with Gasteiger partial charge >= 0.3 is 0 Å². The Morgan fingerprint density at radius 2 is 1.72 bits per heavy atom. The quantitative estimate of drug-likeness (QED) is 0.226. The highest BCUT2D eigenvalue weighted by atomic mass is 35.5. The number of rotatable bonds is 8. The summed E-state index contributed by atoms with van der Waals surface area (Å²) in [5.41, 5.74) is 6.48. The molecule has 0 fully saturated rings. The second-order valence-electron chi connectivity index (χ2n) is 8.82. The van der Waals surface area contributed by atoms with Gasteiger partial charge in [-0.3, -0.25) is 9.69 Å². The standard InChI is InChI=1S/C29H28N4OS.ClH/c1-21-9-14-26-27(22(21)2)31-29(35-26)33(17-6-16-32-18-15-30-20-32)28(34)25-12-10-24(11-13-25)19-23-7-4-3-5-8-23;/h3-5,7-15,18,20H,6,16-17,19H2,1-2H3;1H. The first-order chi connectivity index (χ1) is 17.1.